The van der Waals surface area contributed by atoms with Crippen LogP contribution in [0.25, 0.3) is 5.70 Å². The predicted molar refractivity (Wildman–Crippen MR) is 122 cm³/mol. The molecule has 8 heteroatoms. The predicted octanol–water partition coefficient (Wildman–Crippen LogP) is 4.75. The first kappa shape index (κ1) is 23.2. The van der Waals surface area contributed by atoms with E-state index in [2.05, 4.69) is 44.2 Å². The van der Waals surface area contributed by atoms with Crippen LogP contribution in [0.1, 0.15) is 37.7 Å². The molecule has 1 atom stereocenters. The van der Waals surface area contributed by atoms with Crippen LogP contribution in [0.2, 0.25) is 0 Å². The van der Waals surface area contributed by atoms with Crippen molar-refractivity contribution < 1.29 is 8.78 Å². The summed E-state index contributed by atoms with van der Waals surface area (Å²) >= 11 is 0. The van der Waals surface area contributed by atoms with Gasteiger partial charge < -0.3 is 15.5 Å². The van der Waals surface area contributed by atoms with Crippen molar-refractivity contribution in [1.82, 2.24) is 15.2 Å². The van der Waals surface area contributed by atoms with Crippen LogP contribution in [0.5, 0.6) is 0 Å². The lowest BCUT2D eigenvalue weighted by molar-refractivity contribution is 0.432. The van der Waals surface area contributed by atoms with E-state index in [1.165, 1.54) is 18.4 Å². The maximum atomic E-state index is 13.2. The van der Waals surface area contributed by atoms with Crippen LogP contribution in [0.3, 0.4) is 0 Å². The van der Waals surface area contributed by atoms with Gasteiger partial charge in [-0.15, -0.1) is 4.99 Å². The zero-order valence-electron chi connectivity index (χ0n) is 18.0. The number of nitrogens with zero attached hydrogens (tertiary/aromatic N) is 4. The van der Waals surface area contributed by atoms with Gasteiger partial charge in [-0.2, -0.15) is 19.0 Å². The molecule has 2 N–H and O–H groups in total. The van der Waals surface area contributed by atoms with E-state index in [1.54, 1.807) is 6.19 Å². The van der Waals surface area contributed by atoms with Crippen molar-refractivity contribution in [2.24, 2.45) is 10.9 Å². The first-order valence-electron chi connectivity index (χ1n) is 10.8. The molecule has 6 nitrogen and oxygen atoms in total. The first-order valence-corrected chi connectivity index (χ1v) is 10.8. The molecular weight excluding hydrogens is 410 g/mol. The lowest BCUT2D eigenvalue weighted by Gasteiger charge is -2.21. The Bertz CT molecular complexity index is 950. The second kappa shape index (κ2) is 11.8. The van der Waals surface area contributed by atoms with Gasteiger partial charge in [-0.3, -0.25) is 0 Å². The number of anilines is 1. The van der Waals surface area contributed by atoms with Crippen molar-refractivity contribution in [3.63, 3.8) is 0 Å². The third-order valence-corrected chi connectivity index (χ3v) is 5.54. The van der Waals surface area contributed by atoms with E-state index < -0.39 is 11.9 Å². The number of guanidine groups is 1. The highest BCUT2D eigenvalue weighted by molar-refractivity contribution is 5.94. The number of likely N-dealkylation sites (tertiary alicyclic amines) is 1. The van der Waals surface area contributed by atoms with E-state index in [4.69, 9.17) is 5.26 Å². The molecule has 2 heterocycles. The molecule has 2 aromatic rings. The van der Waals surface area contributed by atoms with Gasteiger partial charge in [0.25, 0.3) is 0 Å². The van der Waals surface area contributed by atoms with Crippen molar-refractivity contribution in [2.45, 2.75) is 32.1 Å². The highest BCUT2D eigenvalue weighted by Gasteiger charge is 2.23. The topological polar surface area (TPSA) is 76.3 Å². The Balaban J connectivity index is 1.33. The van der Waals surface area contributed by atoms with Crippen molar-refractivity contribution in [1.29, 1.82) is 5.26 Å². The SMILES string of the molecule is C=C(c1ccccc1)N1CCC(CCCCCN/C(=N/C#N)Nc2cc(F)nc(F)c2)C1. The number of pyridine rings is 1. The van der Waals surface area contributed by atoms with Gasteiger partial charge >= 0.3 is 0 Å². The van der Waals surface area contributed by atoms with Gasteiger partial charge in [0.15, 0.2) is 0 Å². The van der Waals surface area contributed by atoms with Crippen LogP contribution in [0.15, 0.2) is 54.0 Å². The molecule has 0 bridgehead atoms. The molecule has 0 saturated carbocycles. The molecular formula is C24H28F2N6. The van der Waals surface area contributed by atoms with Crippen LogP contribution < -0.4 is 10.6 Å². The summed E-state index contributed by atoms with van der Waals surface area (Å²) in [6.07, 6.45) is 7.10. The Hall–Kier alpha value is -3.47. The fraction of sp³-hybridized carbons (Fsp3) is 0.375. The Morgan fingerprint density at radius 1 is 1.19 bits per heavy atom. The summed E-state index contributed by atoms with van der Waals surface area (Å²) in [5, 5.41) is 14.5. The number of nitrogens with one attached hydrogen (secondary N) is 2. The van der Waals surface area contributed by atoms with E-state index >= 15 is 0 Å². The van der Waals surface area contributed by atoms with Crippen LogP contribution in [-0.4, -0.2) is 35.5 Å². The molecule has 1 saturated heterocycles. The van der Waals surface area contributed by atoms with Crippen molar-refractivity contribution in [3.8, 4) is 6.19 Å². The maximum absolute atomic E-state index is 13.2. The minimum atomic E-state index is -0.943. The standard InChI is InChI=1S/C24H28F2N6/c1-18(20-9-5-2-6-10-20)32-13-11-19(16-32)8-4-3-7-12-28-24(29-17-27)30-21-14-22(25)31-23(26)15-21/h2,5-6,9-10,14-15,19H,1,3-4,7-8,11-13,16H2,(H2,28,29,30,31). The van der Waals surface area contributed by atoms with E-state index in [0.717, 1.165) is 50.2 Å². The van der Waals surface area contributed by atoms with Gasteiger partial charge in [-0.25, -0.2) is 0 Å². The molecule has 168 valence electrons. The van der Waals surface area contributed by atoms with Gasteiger partial charge in [0.1, 0.15) is 0 Å². The van der Waals surface area contributed by atoms with Crippen molar-refractivity contribution >= 4 is 17.3 Å². The first-order chi connectivity index (χ1) is 15.5. The van der Waals surface area contributed by atoms with Crippen molar-refractivity contribution in [3.05, 3.63) is 66.5 Å². The van der Waals surface area contributed by atoms with Gasteiger partial charge in [0, 0.05) is 43.2 Å². The molecule has 1 aliphatic rings. The third-order valence-electron chi connectivity index (χ3n) is 5.54. The monoisotopic (exact) mass is 438 g/mol. The number of nitriles is 1. The molecule has 0 spiro atoms. The average molecular weight is 439 g/mol. The maximum Gasteiger partial charge on any atom is 0.217 e. The molecule has 1 aromatic heterocycles. The van der Waals surface area contributed by atoms with Crippen LogP contribution in [0, 0.1) is 29.3 Å². The number of halogens is 2. The highest BCUT2D eigenvalue weighted by atomic mass is 19.1. The van der Waals surface area contributed by atoms with Gasteiger partial charge in [-0.05, 0) is 30.7 Å². The van der Waals surface area contributed by atoms with E-state index in [0.29, 0.717) is 12.5 Å². The zero-order chi connectivity index (χ0) is 22.8. The number of benzene rings is 1. The summed E-state index contributed by atoms with van der Waals surface area (Å²) in [5.74, 6) is -1.05. The quantitative estimate of drug-likeness (QED) is 0.194. The Kier molecular flexibility index (Phi) is 8.55. The molecule has 0 amide bonds. The molecule has 0 aliphatic carbocycles. The molecule has 1 unspecified atom stereocenters. The number of aromatic nitrogens is 1. The molecule has 1 aromatic carbocycles. The van der Waals surface area contributed by atoms with Gasteiger partial charge in [0.05, 0.1) is 0 Å². The van der Waals surface area contributed by atoms with Gasteiger partial charge in [0.2, 0.25) is 24.0 Å². The lowest BCUT2D eigenvalue weighted by Crippen LogP contribution is -2.31. The number of aliphatic imine (C=N–C) groups is 1. The van der Waals surface area contributed by atoms with Crippen molar-refractivity contribution in [2.75, 3.05) is 25.0 Å². The highest BCUT2D eigenvalue weighted by Crippen LogP contribution is 2.28. The molecule has 32 heavy (non-hydrogen) atoms. The van der Waals surface area contributed by atoms with Crippen LogP contribution in [-0.2, 0) is 0 Å². The third kappa shape index (κ3) is 7.05. The smallest absolute Gasteiger partial charge is 0.217 e. The van der Waals surface area contributed by atoms with Crippen LogP contribution >= 0.6 is 0 Å². The number of unbranched alkanes of at least 4 members (excludes halogenated alkanes) is 2. The van der Waals surface area contributed by atoms with E-state index in [9.17, 15) is 8.78 Å². The average Bonchev–Trinajstić information content (AvgIpc) is 3.24. The van der Waals surface area contributed by atoms with Crippen LogP contribution in [0.4, 0.5) is 14.5 Å². The minimum Gasteiger partial charge on any atom is -0.371 e. The van der Waals surface area contributed by atoms with Gasteiger partial charge in [-0.1, -0.05) is 49.8 Å². The molecule has 3 rings (SSSR count). The number of hydrogen-bond acceptors (Lipinski definition) is 4. The summed E-state index contributed by atoms with van der Waals surface area (Å²) in [4.78, 5) is 9.05. The fourth-order valence-electron chi connectivity index (χ4n) is 3.90. The second-order valence-electron chi connectivity index (χ2n) is 7.88. The Labute approximate surface area is 187 Å². The minimum absolute atomic E-state index is 0.138. The summed E-state index contributed by atoms with van der Waals surface area (Å²) < 4.78 is 26.4. The zero-order valence-corrected chi connectivity index (χ0v) is 18.0. The number of hydrogen-bond donors (Lipinski definition) is 2. The molecule has 1 aliphatic heterocycles. The summed E-state index contributed by atoms with van der Waals surface area (Å²) in [6.45, 7) is 6.97. The Morgan fingerprint density at radius 2 is 1.94 bits per heavy atom. The Morgan fingerprint density at radius 3 is 2.66 bits per heavy atom. The summed E-state index contributed by atoms with van der Waals surface area (Å²) in [5.41, 5.74) is 2.42. The lowest BCUT2D eigenvalue weighted by atomic mass is 10.0. The largest absolute Gasteiger partial charge is 0.371 e. The number of rotatable bonds is 9. The summed E-state index contributed by atoms with van der Waals surface area (Å²) in [7, 11) is 0. The molecule has 1 fully saturated rings. The fourth-order valence-corrected chi connectivity index (χ4v) is 3.90. The second-order valence-corrected chi connectivity index (χ2v) is 7.88. The molecule has 0 radical (unpaired) electrons. The van der Waals surface area contributed by atoms with E-state index in [1.807, 2.05) is 18.2 Å². The normalized spacial score (nSPS) is 16.0. The van der Waals surface area contributed by atoms with E-state index in [-0.39, 0.29) is 11.6 Å². The summed E-state index contributed by atoms with van der Waals surface area (Å²) in [6, 6.07) is 12.4.